The van der Waals surface area contributed by atoms with E-state index < -0.39 is 0 Å². The highest BCUT2D eigenvalue weighted by molar-refractivity contribution is 14.1. The number of hydrogen-bond acceptors (Lipinski definition) is 4. The van der Waals surface area contributed by atoms with Gasteiger partial charge in [-0.15, -0.1) is 0 Å². The average molecular weight is 354 g/mol. The summed E-state index contributed by atoms with van der Waals surface area (Å²) in [5, 5.41) is 2.83. The first-order valence-corrected chi connectivity index (χ1v) is 6.27. The summed E-state index contributed by atoms with van der Waals surface area (Å²) in [5.41, 5.74) is 3.68. The highest BCUT2D eigenvalue weighted by Gasteiger charge is 2.08. The second kappa shape index (κ2) is 5.78. The number of aromatic nitrogens is 1. The summed E-state index contributed by atoms with van der Waals surface area (Å²) in [5.74, 6) is 5.50. The number of anilines is 2. The maximum atomic E-state index is 12.0. The molecule has 6 heteroatoms. The fraction of sp³-hybridized carbons (Fsp3) is 0. The summed E-state index contributed by atoms with van der Waals surface area (Å²) < 4.78 is 0.981. The number of nitrogens with zero attached hydrogens (tertiary/aromatic N) is 1. The van der Waals surface area contributed by atoms with Gasteiger partial charge in [0.1, 0.15) is 5.82 Å². The van der Waals surface area contributed by atoms with Crippen molar-refractivity contribution in [3.05, 3.63) is 51.7 Å². The zero-order valence-corrected chi connectivity index (χ0v) is 11.5. The van der Waals surface area contributed by atoms with Crippen LogP contribution in [0.15, 0.2) is 42.6 Å². The quantitative estimate of drug-likeness (QED) is 0.449. The van der Waals surface area contributed by atoms with E-state index >= 15 is 0 Å². The molecule has 2 aromatic rings. The molecular weight excluding hydrogens is 343 g/mol. The molecule has 0 aliphatic rings. The number of para-hydroxylation sites is 1. The first-order chi connectivity index (χ1) is 8.70. The molecule has 1 aromatic heterocycles. The number of pyridine rings is 1. The highest BCUT2D eigenvalue weighted by atomic mass is 127. The minimum atomic E-state index is -0.196. The third-order valence-corrected chi connectivity index (χ3v) is 3.23. The molecule has 0 atom stereocenters. The van der Waals surface area contributed by atoms with E-state index in [0.29, 0.717) is 11.4 Å². The Morgan fingerprint density at radius 1 is 1.28 bits per heavy atom. The number of nitrogens with two attached hydrogens (primary N) is 1. The van der Waals surface area contributed by atoms with E-state index in [0.717, 1.165) is 9.26 Å². The van der Waals surface area contributed by atoms with Crippen molar-refractivity contribution in [3.63, 3.8) is 0 Å². The second-order valence-electron chi connectivity index (χ2n) is 3.51. The van der Waals surface area contributed by atoms with E-state index in [1.54, 1.807) is 12.1 Å². The van der Waals surface area contributed by atoms with Gasteiger partial charge in [-0.3, -0.25) is 4.79 Å². The van der Waals surface area contributed by atoms with Gasteiger partial charge in [-0.1, -0.05) is 12.1 Å². The van der Waals surface area contributed by atoms with Gasteiger partial charge in [0.2, 0.25) is 0 Å². The van der Waals surface area contributed by atoms with Gasteiger partial charge in [0.15, 0.2) is 0 Å². The van der Waals surface area contributed by atoms with Crippen LogP contribution in [-0.4, -0.2) is 10.9 Å². The van der Waals surface area contributed by atoms with Crippen LogP contribution in [0.25, 0.3) is 0 Å². The zero-order valence-electron chi connectivity index (χ0n) is 9.35. The number of hydrogen-bond donors (Lipinski definition) is 3. The summed E-state index contributed by atoms with van der Waals surface area (Å²) in [7, 11) is 0. The maximum absolute atomic E-state index is 12.0. The normalized spacial score (nSPS) is 9.89. The largest absolute Gasteiger partial charge is 0.321 e. The first kappa shape index (κ1) is 12.8. The molecule has 0 aliphatic carbocycles. The number of nitrogen functional groups attached to an aromatic ring is 1. The van der Waals surface area contributed by atoms with Gasteiger partial charge in [-0.2, -0.15) is 0 Å². The van der Waals surface area contributed by atoms with Crippen LogP contribution in [0.2, 0.25) is 0 Å². The molecule has 0 saturated heterocycles. The van der Waals surface area contributed by atoms with E-state index in [1.807, 2.05) is 24.3 Å². The molecule has 0 fully saturated rings. The molecule has 0 aliphatic heterocycles. The molecule has 0 saturated carbocycles. The van der Waals surface area contributed by atoms with Gasteiger partial charge in [0.05, 0.1) is 5.69 Å². The van der Waals surface area contributed by atoms with Crippen molar-refractivity contribution in [2.45, 2.75) is 0 Å². The molecule has 0 radical (unpaired) electrons. The number of amides is 1. The first-order valence-electron chi connectivity index (χ1n) is 5.19. The van der Waals surface area contributed by atoms with Crippen LogP contribution in [-0.2, 0) is 0 Å². The Balaban J connectivity index is 2.19. The molecule has 92 valence electrons. The number of hydrazine groups is 1. The van der Waals surface area contributed by atoms with Gasteiger partial charge in [-0.05, 0) is 46.9 Å². The van der Waals surface area contributed by atoms with Crippen molar-refractivity contribution < 1.29 is 4.79 Å². The third kappa shape index (κ3) is 2.96. The van der Waals surface area contributed by atoms with E-state index in [1.165, 1.54) is 6.20 Å². The molecule has 5 nitrogen and oxygen atoms in total. The fourth-order valence-electron chi connectivity index (χ4n) is 1.41. The Labute approximate surface area is 118 Å². The molecule has 1 amide bonds. The number of rotatable bonds is 3. The van der Waals surface area contributed by atoms with E-state index in [9.17, 15) is 4.79 Å². The smallest absolute Gasteiger partial charge is 0.255 e. The Hall–Kier alpha value is -1.67. The molecular formula is C12H11IN4O. The van der Waals surface area contributed by atoms with Crippen LogP contribution in [0.1, 0.15) is 10.4 Å². The molecule has 4 N–H and O–H groups in total. The SMILES string of the molecule is NNc1cc(C(=O)Nc2ccccc2I)ccn1. The predicted molar refractivity (Wildman–Crippen MR) is 79.2 cm³/mol. The average Bonchev–Trinajstić information content (AvgIpc) is 2.41. The van der Waals surface area contributed by atoms with Crippen LogP contribution >= 0.6 is 22.6 Å². The number of halogens is 1. The lowest BCUT2D eigenvalue weighted by molar-refractivity contribution is 0.102. The van der Waals surface area contributed by atoms with Gasteiger partial charge in [0.25, 0.3) is 5.91 Å². The lowest BCUT2D eigenvalue weighted by Gasteiger charge is -2.07. The standard InChI is InChI=1S/C12H11IN4O/c13-9-3-1-2-4-10(9)16-12(18)8-5-6-15-11(7-8)17-14/h1-7H,14H2,(H,15,17)(H,16,18). The van der Waals surface area contributed by atoms with Crippen molar-refractivity contribution in [3.8, 4) is 0 Å². The number of nitrogens with one attached hydrogen (secondary N) is 2. The molecule has 2 rings (SSSR count). The monoisotopic (exact) mass is 354 g/mol. The van der Waals surface area contributed by atoms with Gasteiger partial charge in [0, 0.05) is 15.3 Å². The molecule has 18 heavy (non-hydrogen) atoms. The number of benzene rings is 1. The van der Waals surface area contributed by atoms with Gasteiger partial charge < -0.3 is 10.7 Å². The van der Waals surface area contributed by atoms with Crippen LogP contribution in [0.3, 0.4) is 0 Å². The Morgan fingerprint density at radius 3 is 2.78 bits per heavy atom. The molecule has 1 aromatic carbocycles. The summed E-state index contributed by atoms with van der Waals surface area (Å²) in [6.07, 6.45) is 1.53. The van der Waals surface area contributed by atoms with E-state index in [2.05, 4.69) is 38.3 Å². The summed E-state index contributed by atoms with van der Waals surface area (Å²) in [4.78, 5) is 16.0. The highest BCUT2D eigenvalue weighted by Crippen LogP contribution is 2.18. The van der Waals surface area contributed by atoms with Crippen molar-refractivity contribution in [2.24, 2.45) is 5.84 Å². The maximum Gasteiger partial charge on any atom is 0.255 e. The topological polar surface area (TPSA) is 80.0 Å². The van der Waals surface area contributed by atoms with Gasteiger partial charge in [-0.25, -0.2) is 10.8 Å². The Morgan fingerprint density at radius 2 is 2.06 bits per heavy atom. The van der Waals surface area contributed by atoms with Gasteiger partial charge >= 0.3 is 0 Å². The summed E-state index contributed by atoms with van der Waals surface area (Å²) in [6.45, 7) is 0. The predicted octanol–water partition coefficient (Wildman–Crippen LogP) is 2.22. The molecule has 0 spiro atoms. The third-order valence-electron chi connectivity index (χ3n) is 2.29. The zero-order chi connectivity index (χ0) is 13.0. The van der Waals surface area contributed by atoms with Crippen LogP contribution in [0.4, 0.5) is 11.5 Å². The van der Waals surface area contributed by atoms with Crippen LogP contribution < -0.4 is 16.6 Å². The second-order valence-corrected chi connectivity index (χ2v) is 4.67. The summed E-state index contributed by atoms with van der Waals surface area (Å²) >= 11 is 2.17. The van der Waals surface area contributed by atoms with Crippen molar-refractivity contribution in [2.75, 3.05) is 10.7 Å². The van der Waals surface area contributed by atoms with E-state index in [-0.39, 0.29) is 5.91 Å². The number of carbonyl (C=O) groups excluding carboxylic acids is 1. The Kier molecular flexibility index (Phi) is 4.11. The minimum absolute atomic E-state index is 0.196. The van der Waals surface area contributed by atoms with Crippen LogP contribution in [0.5, 0.6) is 0 Å². The number of carbonyl (C=O) groups is 1. The Bertz CT molecular complexity index is 574. The summed E-state index contributed by atoms with van der Waals surface area (Å²) in [6, 6.07) is 10.8. The van der Waals surface area contributed by atoms with Crippen molar-refractivity contribution in [1.29, 1.82) is 0 Å². The minimum Gasteiger partial charge on any atom is -0.321 e. The van der Waals surface area contributed by atoms with Crippen molar-refractivity contribution >= 4 is 40.0 Å². The van der Waals surface area contributed by atoms with Crippen molar-refractivity contribution in [1.82, 2.24) is 4.98 Å². The molecule has 0 bridgehead atoms. The lowest BCUT2D eigenvalue weighted by Crippen LogP contribution is -2.14. The van der Waals surface area contributed by atoms with E-state index in [4.69, 9.17) is 5.84 Å². The lowest BCUT2D eigenvalue weighted by atomic mass is 10.2. The fourth-order valence-corrected chi connectivity index (χ4v) is 1.93. The van der Waals surface area contributed by atoms with Crippen LogP contribution in [0, 0.1) is 3.57 Å². The molecule has 1 heterocycles. The molecule has 0 unspecified atom stereocenters.